The molecule has 1 fully saturated rings. The number of benzene rings is 2. The van der Waals surface area contributed by atoms with E-state index in [4.69, 9.17) is 9.15 Å². The first kappa shape index (κ1) is 19.7. The standard InChI is InChI=1S/C22H23N3O3S/c1-15-12-16(2)14-18(13-15)20-23-24-22(28-20)29-19(17-6-4-3-5-7-17)21(26)25-8-10-27-11-9-25/h3-7,12-14,19H,8-11H2,1-2H3/t19-/m1/s1. The number of morpholine rings is 1. The summed E-state index contributed by atoms with van der Waals surface area (Å²) in [6.07, 6.45) is 0. The van der Waals surface area contributed by atoms with Crippen molar-refractivity contribution in [2.24, 2.45) is 0 Å². The molecule has 4 rings (SSSR count). The summed E-state index contributed by atoms with van der Waals surface area (Å²) in [5, 5.41) is 8.34. The molecule has 0 saturated carbocycles. The van der Waals surface area contributed by atoms with Crippen LogP contribution in [-0.2, 0) is 9.53 Å². The maximum absolute atomic E-state index is 13.2. The van der Waals surface area contributed by atoms with Gasteiger partial charge in [-0.3, -0.25) is 4.79 Å². The minimum Gasteiger partial charge on any atom is -0.411 e. The van der Waals surface area contributed by atoms with Crippen LogP contribution in [0.25, 0.3) is 11.5 Å². The largest absolute Gasteiger partial charge is 0.411 e. The number of rotatable bonds is 5. The summed E-state index contributed by atoms with van der Waals surface area (Å²) in [4.78, 5) is 15.1. The van der Waals surface area contributed by atoms with E-state index in [9.17, 15) is 4.79 Å². The summed E-state index contributed by atoms with van der Waals surface area (Å²) in [6.45, 7) is 6.40. The lowest BCUT2D eigenvalue weighted by molar-refractivity contribution is -0.134. The average molecular weight is 410 g/mol. The van der Waals surface area contributed by atoms with E-state index in [-0.39, 0.29) is 5.91 Å². The number of amides is 1. The van der Waals surface area contributed by atoms with Gasteiger partial charge in [-0.15, -0.1) is 10.2 Å². The van der Waals surface area contributed by atoms with Gasteiger partial charge in [0.25, 0.3) is 5.22 Å². The number of nitrogens with zero attached hydrogens (tertiary/aromatic N) is 3. The van der Waals surface area contributed by atoms with E-state index >= 15 is 0 Å². The highest BCUT2D eigenvalue weighted by atomic mass is 32.2. The van der Waals surface area contributed by atoms with Gasteiger partial charge in [0.1, 0.15) is 5.25 Å². The van der Waals surface area contributed by atoms with Crippen LogP contribution in [0.5, 0.6) is 0 Å². The second kappa shape index (κ2) is 8.80. The highest BCUT2D eigenvalue weighted by Crippen LogP contribution is 2.37. The predicted octanol–water partition coefficient (Wildman–Crippen LogP) is 4.05. The fourth-order valence-corrected chi connectivity index (χ4v) is 4.37. The van der Waals surface area contributed by atoms with Gasteiger partial charge in [-0.1, -0.05) is 47.5 Å². The smallest absolute Gasteiger partial charge is 0.277 e. The molecule has 7 heteroatoms. The van der Waals surface area contributed by atoms with Crippen LogP contribution in [-0.4, -0.2) is 47.3 Å². The van der Waals surface area contributed by atoms with Gasteiger partial charge in [0.05, 0.1) is 13.2 Å². The second-order valence-electron chi connectivity index (χ2n) is 7.10. The molecule has 0 unspecified atom stereocenters. The Morgan fingerprint density at radius 2 is 1.72 bits per heavy atom. The van der Waals surface area contributed by atoms with Crippen molar-refractivity contribution >= 4 is 17.7 Å². The van der Waals surface area contributed by atoms with Gasteiger partial charge in [-0.05, 0) is 43.3 Å². The normalized spacial score (nSPS) is 15.3. The third-order valence-corrected chi connectivity index (χ3v) is 5.82. The van der Waals surface area contributed by atoms with Crippen LogP contribution in [0, 0.1) is 13.8 Å². The Morgan fingerprint density at radius 1 is 1.03 bits per heavy atom. The molecule has 0 aliphatic carbocycles. The summed E-state index contributed by atoms with van der Waals surface area (Å²) in [7, 11) is 0. The van der Waals surface area contributed by atoms with Crippen LogP contribution >= 0.6 is 11.8 Å². The molecule has 2 heterocycles. The Labute approximate surface area is 174 Å². The first-order valence-electron chi connectivity index (χ1n) is 9.60. The first-order valence-corrected chi connectivity index (χ1v) is 10.5. The number of thioether (sulfide) groups is 1. The minimum atomic E-state index is -0.443. The highest BCUT2D eigenvalue weighted by molar-refractivity contribution is 8.00. The summed E-state index contributed by atoms with van der Waals surface area (Å²) >= 11 is 1.30. The molecule has 2 aromatic carbocycles. The Balaban J connectivity index is 1.59. The molecule has 1 aromatic heterocycles. The number of carbonyl (C=O) groups is 1. The molecule has 6 nitrogen and oxygen atoms in total. The Bertz CT molecular complexity index is 964. The molecule has 0 radical (unpaired) electrons. The average Bonchev–Trinajstić information content (AvgIpc) is 3.21. The van der Waals surface area contributed by atoms with E-state index in [1.54, 1.807) is 0 Å². The quantitative estimate of drug-likeness (QED) is 0.592. The van der Waals surface area contributed by atoms with Gasteiger partial charge in [0, 0.05) is 18.7 Å². The van der Waals surface area contributed by atoms with Crippen molar-refractivity contribution < 1.29 is 13.9 Å². The maximum atomic E-state index is 13.2. The van der Waals surface area contributed by atoms with Crippen molar-refractivity contribution in [3.8, 4) is 11.5 Å². The second-order valence-corrected chi connectivity index (χ2v) is 8.15. The molecule has 29 heavy (non-hydrogen) atoms. The van der Waals surface area contributed by atoms with Crippen molar-refractivity contribution in [1.82, 2.24) is 15.1 Å². The van der Waals surface area contributed by atoms with E-state index < -0.39 is 5.25 Å². The van der Waals surface area contributed by atoms with Gasteiger partial charge < -0.3 is 14.1 Å². The van der Waals surface area contributed by atoms with Crippen molar-refractivity contribution in [2.45, 2.75) is 24.3 Å². The number of hydrogen-bond acceptors (Lipinski definition) is 6. The lowest BCUT2D eigenvalue weighted by atomic mass is 10.1. The molecule has 150 valence electrons. The molecule has 0 bridgehead atoms. The van der Waals surface area contributed by atoms with Gasteiger partial charge in [-0.2, -0.15) is 0 Å². The van der Waals surface area contributed by atoms with Crippen LogP contribution in [0.2, 0.25) is 0 Å². The zero-order valence-electron chi connectivity index (χ0n) is 16.5. The zero-order valence-corrected chi connectivity index (χ0v) is 17.3. The van der Waals surface area contributed by atoms with Crippen LogP contribution in [0.4, 0.5) is 0 Å². The number of aryl methyl sites for hydroxylation is 2. The molecule has 1 saturated heterocycles. The van der Waals surface area contributed by atoms with E-state index in [0.29, 0.717) is 37.4 Å². The van der Waals surface area contributed by atoms with Gasteiger partial charge >= 0.3 is 0 Å². The van der Waals surface area contributed by atoms with Crippen LogP contribution in [0.3, 0.4) is 0 Å². The summed E-state index contributed by atoms with van der Waals surface area (Å²) in [5.74, 6) is 0.501. The minimum absolute atomic E-state index is 0.0376. The third kappa shape index (κ3) is 4.68. The Hall–Kier alpha value is -2.64. The van der Waals surface area contributed by atoms with Crippen molar-refractivity contribution in [2.75, 3.05) is 26.3 Å². The molecule has 3 aromatic rings. The predicted molar refractivity (Wildman–Crippen MR) is 112 cm³/mol. The molecule has 0 N–H and O–H groups in total. The molecule has 0 spiro atoms. The summed E-state index contributed by atoms with van der Waals surface area (Å²) in [5.41, 5.74) is 4.08. The first-order chi connectivity index (χ1) is 14.1. The summed E-state index contributed by atoms with van der Waals surface area (Å²) < 4.78 is 11.3. The van der Waals surface area contributed by atoms with Crippen LogP contribution in [0.1, 0.15) is 21.9 Å². The molecule has 1 aliphatic rings. The number of hydrogen-bond donors (Lipinski definition) is 0. The third-order valence-electron chi connectivity index (χ3n) is 4.74. The Morgan fingerprint density at radius 3 is 2.41 bits per heavy atom. The monoisotopic (exact) mass is 409 g/mol. The molecular weight excluding hydrogens is 386 g/mol. The zero-order chi connectivity index (χ0) is 20.2. The SMILES string of the molecule is Cc1cc(C)cc(-c2nnc(S[C@@H](C(=O)N3CCOCC3)c3ccccc3)o2)c1. The van der Waals surface area contributed by atoms with E-state index in [0.717, 1.165) is 22.3 Å². The summed E-state index contributed by atoms with van der Waals surface area (Å²) in [6, 6.07) is 15.9. The lowest BCUT2D eigenvalue weighted by Crippen LogP contribution is -2.42. The number of aromatic nitrogens is 2. The number of ether oxygens (including phenoxy) is 1. The lowest BCUT2D eigenvalue weighted by Gasteiger charge is -2.29. The molecule has 1 aliphatic heterocycles. The van der Waals surface area contributed by atoms with Gasteiger partial charge in [0.2, 0.25) is 11.8 Å². The fourth-order valence-electron chi connectivity index (χ4n) is 3.41. The van der Waals surface area contributed by atoms with Crippen molar-refractivity contribution in [3.63, 3.8) is 0 Å². The fraction of sp³-hybridized carbons (Fsp3) is 0.318. The van der Waals surface area contributed by atoms with Crippen LogP contribution < -0.4 is 0 Å². The van der Waals surface area contributed by atoms with E-state index in [1.165, 1.54) is 11.8 Å². The number of carbonyl (C=O) groups excluding carboxylic acids is 1. The highest BCUT2D eigenvalue weighted by Gasteiger charge is 2.30. The molecule has 1 atom stereocenters. The molecule has 1 amide bonds. The van der Waals surface area contributed by atoms with Gasteiger partial charge in [-0.25, -0.2) is 0 Å². The molecular formula is C22H23N3O3S. The van der Waals surface area contributed by atoms with Gasteiger partial charge in [0.15, 0.2) is 0 Å². The van der Waals surface area contributed by atoms with Crippen molar-refractivity contribution in [3.05, 3.63) is 65.2 Å². The van der Waals surface area contributed by atoms with Crippen LogP contribution in [0.15, 0.2) is 58.2 Å². The maximum Gasteiger partial charge on any atom is 0.277 e. The topological polar surface area (TPSA) is 68.5 Å². The van der Waals surface area contributed by atoms with E-state index in [1.807, 2.05) is 61.2 Å². The van der Waals surface area contributed by atoms with Crippen molar-refractivity contribution in [1.29, 1.82) is 0 Å². The Kier molecular flexibility index (Phi) is 5.97. The van der Waals surface area contributed by atoms with E-state index in [2.05, 4.69) is 16.3 Å².